The number of hydrogen-bond donors (Lipinski definition) is 1. The molecule has 2 nitrogen and oxygen atoms in total. The fourth-order valence-corrected chi connectivity index (χ4v) is 0.485. The molecule has 1 atom stereocenters. The van der Waals surface area contributed by atoms with Crippen molar-refractivity contribution < 1.29 is 26.7 Å². The normalized spacial score (nSPS) is 15.2. The maximum atomic E-state index is 11.7. The Hall–Kier alpha value is -0.430. The van der Waals surface area contributed by atoms with Crippen LogP contribution in [-0.4, -0.2) is 31.9 Å². The van der Waals surface area contributed by atoms with E-state index in [1.807, 2.05) is 0 Å². The Morgan fingerprint density at radius 2 is 1.75 bits per heavy atom. The third-order valence-corrected chi connectivity index (χ3v) is 1.00. The number of alkyl halides is 5. The van der Waals surface area contributed by atoms with Gasteiger partial charge in [-0.2, -0.15) is 13.2 Å². The lowest BCUT2D eigenvalue weighted by molar-refractivity contribution is -0.223. The van der Waals surface area contributed by atoms with Gasteiger partial charge >= 0.3 is 6.18 Å². The molecule has 7 heteroatoms. The molecule has 74 valence electrons. The molecular formula is C5H8F5NO. The van der Waals surface area contributed by atoms with Gasteiger partial charge in [-0.3, -0.25) is 0 Å². The predicted molar refractivity (Wildman–Crippen MR) is 30.9 cm³/mol. The zero-order valence-corrected chi connectivity index (χ0v) is 5.94. The van der Waals surface area contributed by atoms with Crippen LogP contribution < -0.4 is 5.73 Å². The molecule has 1 unspecified atom stereocenters. The molecule has 0 spiro atoms. The Balaban J connectivity index is 3.84. The average Bonchev–Trinajstić information content (AvgIpc) is 1.85. The fraction of sp³-hybridized carbons (Fsp3) is 1.00. The monoisotopic (exact) mass is 193 g/mol. The minimum Gasteiger partial charge on any atom is -0.362 e. The van der Waals surface area contributed by atoms with Gasteiger partial charge in [0.2, 0.25) is 0 Å². The van der Waals surface area contributed by atoms with Gasteiger partial charge in [0.25, 0.3) is 6.43 Å². The van der Waals surface area contributed by atoms with E-state index >= 15 is 0 Å². The van der Waals surface area contributed by atoms with Crippen molar-refractivity contribution in [2.45, 2.75) is 18.7 Å². The van der Waals surface area contributed by atoms with Crippen LogP contribution in [0.5, 0.6) is 0 Å². The first-order valence-corrected chi connectivity index (χ1v) is 3.04. The Kier molecular flexibility index (Phi) is 4.40. The number of ether oxygens (including phenoxy) is 1. The highest BCUT2D eigenvalue weighted by Gasteiger charge is 2.39. The molecule has 0 rings (SSSR count). The summed E-state index contributed by atoms with van der Waals surface area (Å²) < 4.78 is 61.8. The molecule has 0 bridgehead atoms. The van der Waals surface area contributed by atoms with Gasteiger partial charge in [-0.1, -0.05) is 0 Å². The van der Waals surface area contributed by atoms with E-state index in [-0.39, 0.29) is 0 Å². The van der Waals surface area contributed by atoms with Crippen molar-refractivity contribution in [3.8, 4) is 0 Å². The van der Waals surface area contributed by atoms with Crippen LogP contribution >= 0.6 is 0 Å². The second-order valence-corrected chi connectivity index (χ2v) is 1.99. The van der Waals surface area contributed by atoms with Gasteiger partial charge in [-0.25, -0.2) is 8.78 Å². The van der Waals surface area contributed by atoms with Gasteiger partial charge in [0.05, 0.1) is 0 Å². The van der Waals surface area contributed by atoms with Gasteiger partial charge in [0.15, 0.2) is 6.10 Å². The van der Waals surface area contributed by atoms with Gasteiger partial charge in [-0.15, -0.1) is 0 Å². The molecule has 0 aliphatic heterocycles. The van der Waals surface area contributed by atoms with Crippen LogP contribution in [0.2, 0.25) is 0 Å². The van der Waals surface area contributed by atoms with E-state index in [1.54, 1.807) is 0 Å². The molecule has 0 heterocycles. The zero-order valence-electron chi connectivity index (χ0n) is 5.94. The van der Waals surface area contributed by atoms with Crippen molar-refractivity contribution in [2.75, 3.05) is 13.2 Å². The van der Waals surface area contributed by atoms with Gasteiger partial charge in [0, 0.05) is 6.54 Å². The lowest BCUT2D eigenvalue weighted by atomic mass is 10.3. The molecule has 0 fully saturated rings. The van der Waals surface area contributed by atoms with E-state index in [0.29, 0.717) is 0 Å². The van der Waals surface area contributed by atoms with Crippen molar-refractivity contribution in [2.24, 2.45) is 5.73 Å². The largest absolute Gasteiger partial charge is 0.415 e. The van der Waals surface area contributed by atoms with E-state index < -0.39 is 31.9 Å². The van der Waals surface area contributed by atoms with E-state index in [2.05, 4.69) is 10.5 Å². The molecule has 0 aromatic carbocycles. The van der Waals surface area contributed by atoms with Crippen molar-refractivity contribution in [3.05, 3.63) is 0 Å². The first-order chi connectivity index (χ1) is 5.38. The minimum atomic E-state index is -4.68. The van der Waals surface area contributed by atoms with E-state index in [1.165, 1.54) is 0 Å². The predicted octanol–water partition coefficient (Wildman–Crippen LogP) is 1.16. The lowest BCUT2D eigenvalue weighted by Gasteiger charge is -2.18. The van der Waals surface area contributed by atoms with Crippen LogP contribution in [-0.2, 0) is 4.74 Å². The fourth-order valence-electron chi connectivity index (χ4n) is 0.485. The third kappa shape index (κ3) is 4.45. The maximum Gasteiger partial charge on any atom is 0.415 e. The zero-order chi connectivity index (χ0) is 9.78. The summed E-state index contributed by atoms with van der Waals surface area (Å²) in [6.07, 6.45) is -9.89. The third-order valence-electron chi connectivity index (χ3n) is 1.00. The number of halogens is 5. The summed E-state index contributed by atoms with van der Waals surface area (Å²) in [4.78, 5) is 0. The summed E-state index contributed by atoms with van der Waals surface area (Å²) in [6, 6.07) is 0. The van der Waals surface area contributed by atoms with Crippen LogP contribution in [0.25, 0.3) is 0 Å². The molecule has 0 saturated carbocycles. The average molecular weight is 193 g/mol. The standard InChI is InChI=1S/C5H8F5NO/c6-4(7)2-12-3(1-11)5(8,9)10/h3-4H,1-2,11H2. The smallest absolute Gasteiger partial charge is 0.362 e. The van der Waals surface area contributed by atoms with Crippen molar-refractivity contribution >= 4 is 0 Å². The van der Waals surface area contributed by atoms with Gasteiger partial charge in [-0.05, 0) is 0 Å². The number of nitrogens with two attached hydrogens (primary N) is 1. The molecule has 0 saturated heterocycles. The molecule has 0 aliphatic carbocycles. The minimum absolute atomic E-state index is 0.851. The number of hydrogen-bond acceptors (Lipinski definition) is 2. The Morgan fingerprint density at radius 1 is 1.25 bits per heavy atom. The number of rotatable bonds is 4. The summed E-state index contributed by atoms with van der Waals surface area (Å²) in [7, 11) is 0. The topological polar surface area (TPSA) is 35.2 Å². The van der Waals surface area contributed by atoms with Crippen LogP contribution in [0.15, 0.2) is 0 Å². The molecule has 2 N–H and O–H groups in total. The summed E-state index contributed by atoms with van der Waals surface area (Å²) in [5, 5.41) is 0. The van der Waals surface area contributed by atoms with E-state index in [0.717, 1.165) is 0 Å². The first kappa shape index (κ1) is 11.6. The summed E-state index contributed by atoms with van der Waals surface area (Å²) in [5.74, 6) is 0. The van der Waals surface area contributed by atoms with Crippen LogP contribution in [0, 0.1) is 0 Å². The first-order valence-electron chi connectivity index (χ1n) is 3.04. The van der Waals surface area contributed by atoms with Gasteiger partial charge in [0.1, 0.15) is 6.61 Å². The second kappa shape index (κ2) is 4.56. The molecular weight excluding hydrogens is 185 g/mol. The summed E-state index contributed by atoms with van der Waals surface area (Å²) >= 11 is 0. The maximum absolute atomic E-state index is 11.7. The molecule has 0 aromatic rings. The van der Waals surface area contributed by atoms with Crippen molar-refractivity contribution in [3.63, 3.8) is 0 Å². The van der Waals surface area contributed by atoms with E-state index in [4.69, 9.17) is 0 Å². The van der Waals surface area contributed by atoms with Crippen molar-refractivity contribution in [1.82, 2.24) is 0 Å². The highest BCUT2D eigenvalue weighted by molar-refractivity contribution is 4.68. The highest BCUT2D eigenvalue weighted by atomic mass is 19.4. The highest BCUT2D eigenvalue weighted by Crippen LogP contribution is 2.22. The Labute approximate surface area is 65.5 Å². The SMILES string of the molecule is NCC(OCC(F)F)C(F)(F)F. The lowest BCUT2D eigenvalue weighted by Crippen LogP contribution is -2.39. The van der Waals surface area contributed by atoms with Crippen LogP contribution in [0.4, 0.5) is 22.0 Å². The molecule has 0 aromatic heterocycles. The second-order valence-electron chi connectivity index (χ2n) is 1.99. The molecule has 0 radical (unpaired) electrons. The van der Waals surface area contributed by atoms with Crippen molar-refractivity contribution in [1.29, 1.82) is 0 Å². The van der Waals surface area contributed by atoms with E-state index in [9.17, 15) is 22.0 Å². The summed E-state index contributed by atoms with van der Waals surface area (Å²) in [6.45, 7) is -2.10. The summed E-state index contributed by atoms with van der Waals surface area (Å²) in [5.41, 5.74) is 4.66. The molecule has 0 aliphatic rings. The van der Waals surface area contributed by atoms with Crippen LogP contribution in [0.1, 0.15) is 0 Å². The molecule has 0 amide bonds. The van der Waals surface area contributed by atoms with Gasteiger partial charge < -0.3 is 10.5 Å². The Bertz CT molecular complexity index is 125. The van der Waals surface area contributed by atoms with Crippen LogP contribution in [0.3, 0.4) is 0 Å². The quantitative estimate of drug-likeness (QED) is 0.680. The molecule has 12 heavy (non-hydrogen) atoms. The Morgan fingerprint density at radius 3 is 2.00 bits per heavy atom.